The lowest BCUT2D eigenvalue weighted by Crippen LogP contribution is -2.14. The van der Waals surface area contributed by atoms with Crippen molar-refractivity contribution in [2.75, 3.05) is 5.32 Å². The summed E-state index contributed by atoms with van der Waals surface area (Å²) in [6, 6.07) is 4.84. The zero-order chi connectivity index (χ0) is 12.1. The maximum Gasteiger partial charge on any atom is 0.337 e. The molecule has 4 heteroatoms. The lowest BCUT2D eigenvalue weighted by atomic mass is 10.2. The van der Waals surface area contributed by atoms with E-state index in [1.807, 2.05) is 6.92 Å². The minimum atomic E-state index is -1.03. The van der Waals surface area contributed by atoms with Crippen LogP contribution in [0.2, 0.25) is 5.02 Å². The molecule has 1 aromatic rings. The molecule has 0 heterocycles. The Morgan fingerprint density at radius 1 is 1.69 bits per heavy atom. The van der Waals surface area contributed by atoms with E-state index in [0.29, 0.717) is 6.42 Å². The van der Waals surface area contributed by atoms with Crippen molar-refractivity contribution in [2.45, 2.75) is 19.4 Å². The standard InChI is InChI=1S/C12H12ClNO2/c1-3-4-8(2)14-9-5-6-10(12(15)16)11(13)7-9/h1,5-8,14H,4H2,2H3,(H,15,16). The van der Waals surface area contributed by atoms with Gasteiger partial charge in [-0.25, -0.2) is 4.79 Å². The molecule has 1 atom stereocenters. The van der Waals surface area contributed by atoms with Crippen molar-refractivity contribution >= 4 is 23.3 Å². The predicted octanol–water partition coefficient (Wildman–Crippen LogP) is 2.86. The highest BCUT2D eigenvalue weighted by Crippen LogP contribution is 2.21. The molecule has 0 saturated carbocycles. The lowest BCUT2D eigenvalue weighted by molar-refractivity contribution is 0.0697. The van der Waals surface area contributed by atoms with Crippen LogP contribution in [-0.2, 0) is 0 Å². The van der Waals surface area contributed by atoms with Crippen LogP contribution in [0.15, 0.2) is 18.2 Å². The number of rotatable bonds is 4. The monoisotopic (exact) mass is 237 g/mol. The van der Waals surface area contributed by atoms with Gasteiger partial charge in [-0.05, 0) is 25.1 Å². The quantitative estimate of drug-likeness (QED) is 0.792. The third kappa shape index (κ3) is 3.18. The summed E-state index contributed by atoms with van der Waals surface area (Å²) >= 11 is 5.82. The zero-order valence-corrected chi connectivity index (χ0v) is 9.58. The number of carbonyl (C=O) groups is 1. The zero-order valence-electron chi connectivity index (χ0n) is 8.83. The van der Waals surface area contributed by atoms with Crippen molar-refractivity contribution in [3.63, 3.8) is 0 Å². The van der Waals surface area contributed by atoms with E-state index in [1.165, 1.54) is 6.07 Å². The van der Waals surface area contributed by atoms with Crippen molar-refractivity contribution in [3.05, 3.63) is 28.8 Å². The molecule has 1 rings (SSSR count). The summed E-state index contributed by atoms with van der Waals surface area (Å²) in [6.07, 6.45) is 5.78. The van der Waals surface area contributed by atoms with Crippen LogP contribution in [0.1, 0.15) is 23.7 Å². The second kappa shape index (κ2) is 5.43. The fourth-order valence-electron chi connectivity index (χ4n) is 1.29. The molecule has 0 amide bonds. The van der Waals surface area contributed by atoms with Crippen LogP contribution < -0.4 is 5.32 Å². The fourth-order valence-corrected chi connectivity index (χ4v) is 1.55. The molecule has 0 radical (unpaired) electrons. The smallest absolute Gasteiger partial charge is 0.337 e. The summed E-state index contributed by atoms with van der Waals surface area (Å²) in [5, 5.41) is 12.1. The van der Waals surface area contributed by atoms with Gasteiger partial charge >= 0.3 is 5.97 Å². The Balaban J connectivity index is 2.82. The Kier molecular flexibility index (Phi) is 4.21. The predicted molar refractivity (Wildman–Crippen MR) is 64.9 cm³/mol. The van der Waals surface area contributed by atoms with E-state index in [1.54, 1.807) is 12.1 Å². The minimum absolute atomic E-state index is 0.0943. The molecule has 0 aromatic heterocycles. The average Bonchev–Trinajstić information content (AvgIpc) is 2.17. The van der Waals surface area contributed by atoms with Gasteiger partial charge in [0.05, 0.1) is 10.6 Å². The summed E-state index contributed by atoms with van der Waals surface area (Å²) in [7, 11) is 0. The number of halogens is 1. The van der Waals surface area contributed by atoms with Gasteiger partial charge in [0.15, 0.2) is 0 Å². The van der Waals surface area contributed by atoms with Crippen molar-refractivity contribution in [1.29, 1.82) is 0 Å². The molecule has 2 N–H and O–H groups in total. The van der Waals surface area contributed by atoms with E-state index in [2.05, 4.69) is 11.2 Å². The van der Waals surface area contributed by atoms with Gasteiger partial charge in [-0.3, -0.25) is 0 Å². The molecule has 16 heavy (non-hydrogen) atoms. The van der Waals surface area contributed by atoms with Crippen molar-refractivity contribution < 1.29 is 9.90 Å². The van der Waals surface area contributed by atoms with Crippen LogP contribution in [-0.4, -0.2) is 17.1 Å². The Morgan fingerprint density at radius 2 is 2.38 bits per heavy atom. The first kappa shape index (κ1) is 12.4. The molecule has 0 fully saturated rings. The highest BCUT2D eigenvalue weighted by molar-refractivity contribution is 6.33. The van der Waals surface area contributed by atoms with Crippen molar-refractivity contribution in [3.8, 4) is 12.3 Å². The van der Waals surface area contributed by atoms with Crippen LogP contribution in [0.5, 0.6) is 0 Å². The molecule has 0 aliphatic carbocycles. The summed E-state index contributed by atoms with van der Waals surface area (Å²) in [5.74, 6) is 1.51. The number of carboxylic acids is 1. The minimum Gasteiger partial charge on any atom is -0.478 e. The Labute approximate surface area is 99.4 Å². The maximum absolute atomic E-state index is 10.7. The summed E-state index contributed by atoms with van der Waals surface area (Å²) < 4.78 is 0. The molecule has 1 unspecified atom stereocenters. The van der Waals surface area contributed by atoms with Crippen LogP contribution in [0.3, 0.4) is 0 Å². The number of terminal acetylenes is 1. The van der Waals surface area contributed by atoms with E-state index in [9.17, 15) is 4.79 Å². The number of carboxylic acid groups (broad SMARTS) is 1. The Morgan fingerprint density at radius 3 is 2.88 bits per heavy atom. The molecule has 3 nitrogen and oxygen atoms in total. The third-order valence-corrected chi connectivity index (χ3v) is 2.35. The van der Waals surface area contributed by atoms with Crippen molar-refractivity contribution in [2.24, 2.45) is 0 Å². The number of hydrogen-bond donors (Lipinski definition) is 2. The maximum atomic E-state index is 10.7. The molecule has 0 spiro atoms. The van der Waals surface area contributed by atoms with E-state index in [-0.39, 0.29) is 16.6 Å². The lowest BCUT2D eigenvalue weighted by Gasteiger charge is -2.13. The summed E-state index contributed by atoms with van der Waals surface area (Å²) in [5.41, 5.74) is 0.856. The first-order valence-corrected chi connectivity index (χ1v) is 5.15. The first-order chi connectivity index (χ1) is 7.54. The second-order valence-electron chi connectivity index (χ2n) is 3.45. The number of benzene rings is 1. The third-order valence-electron chi connectivity index (χ3n) is 2.04. The molecular formula is C12H12ClNO2. The summed E-state index contributed by atoms with van der Waals surface area (Å²) in [4.78, 5) is 10.7. The Bertz CT molecular complexity index is 437. The molecular weight excluding hydrogens is 226 g/mol. The van der Waals surface area contributed by atoms with E-state index in [0.717, 1.165) is 5.69 Å². The largest absolute Gasteiger partial charge is 0.478 e. The van der Waals surface area contributed by atoms with E-state index < -0.39 is 5.97 Å². The van der Waals surface area contributed by atoms with Crippen LogP contribution in [0.25, 0.3) is 0 Å². The fraction of sp³-hybridized carbons (Fsp3) is 0.250. The van der Waals surface area contributed by atoms with Crippen LogP contribution in [0, 0.1) is 12.3 Å². The SMILES string of the molecule is C#CCC(C)Nc1ccc(C(=O)O)c(Cl)c1. The number of nitrogens with one attached hydrogen (secondary N) is 1. The van der Waals surface area contributed by atoms with Gasteiger partial charge in [0, 0.05) is 18.2 Å². The molecule has 0 bridgehead atoms. The number of hydrogen-bond acceptors (Lipinski definition) is 2. The number of aromatic carboxylic acids is 1. The van der Waals surface area contributed by atoms with Gasteiger partial charge in [-0.15, -0.1) is 12.3 Å². The van der Waals surface area contributed by atoms with Gasteiger partial charge in [0.1, 0.15) is 0 Å². The van der Waals surface area contributed by atoms with Gasteiger partial charge in [-0.2, -0.15) is 0 Å². The molecule has 0 aliphatic heterocycles. The second-order valence-corrected chi connectivity index (χ2v) is 3.86. The van der Waals surface area contributed by atoms with E-state index >= 15 is 0 Å². The Hall–Kier alpha value is -1.66. The van der Waals surface area contributed by atoms with Crippen LogP contribution >= 0.6 is 11.6 Å². The van der Waals surface area contributed by atoms with Gasteiger partial charge in [-0.1, -0.05) is 11.6 Å². The molecule has 0 aliphatic rings. The van der Waals surface area contributed by atoms with Crippen LogP contribution in [0.4, 0.5) is 5.69 Å². The van der Waals surface area contributed by atoms with Gasteiger partial charge in [0.2, 0.25) is 0 Å². The molecule has 0 saturated heterocycles. The highest BCUT2D eigenvalue weighted by atomic mass is 35.5. The highest BCUT2D eigenvalue weighted by Gasteiger charge is 2.09. The molecule has 1 aromatic carbocycles. The molecule has 84 valence electrons. The first-order valence-electron chi connectivity index (χ1n) is 4.77. The van der Waals surface area contributed by atoms with Gasteiger partial charge < -0.3 is 10.4 Å². The van der Waals surface area contributed by atoms with E-state index in [4.69, 9.17) is 23.1 Å². The normalized spacial score (nSPS) is 11.6. The van der Waals surface area contributed by atoms with Crippen molar-refractivity contribution in [1.82, 2.24) is 0 Å². The topological polar surface area (TPSA) is 49.3 Å². The number of anilines is 1. The van der Waals surface area contributed by atoms with Gasteiger partial charge in [0.25, 0.3) is 0 Å². The summed E-state index contributed by atoms with van der Waals surface area (Å²) in [6.45, 7) is 1.94. The average molecular weight is 238 g/mol.